The second-order valence-corrected chi connectivity index (χ2v) is 4.59. The van der Waals surface area contributed by atoms with Crippen molar-refractivity contribution < 1.29 is 9.53 Å². The smallest absolute Gasteiger partial charge is 0.222 e. The lowest BCUT2D eigenvalue weighted by Gasteiger charge is -2.06. The van der Waals surface area contributed by atoms with Gasteiger partial charge in [-0.2, -0.15) is 5.10 Å². The van der Waals surface area contributed by atoms with Crippen molar-refractivity contribution in [2.45, 2.75) is 26.4 Å². The average Bonchev–Trinajstić information content (AvgIpc) is 2.89. The number of aromatic nitrogens is 2. The molecule has 1 aromatic carbocycles. The summed E-state index contributed by atoms with van der Waals surface area (Å²) in [5, 5.41) is 7.14. The Labute approximate surface area is 118 Å². The standard InChI is InChI=1S/C15H19N3O2/c1-12-7-9-18(17-12)10-8-15(19)16-11-13-3-5-14(20-2)6-4-13/h3-7,9H,8,10-11H2,1-2H3,(H,16,19). The Morgan fingerprint density at radius 2 is 2.05 bits per heavy atom. The molecule has 0 aliphatic heterocycles. The lowest BCUT2D eigenvalue weighted by molar-refractivity contribution is -0.121. The zero-order valence-electron chi connectivity index (χ0n) is 11.8. The fraction of sp³-hybridized carbons (Fsp3) is 0.333. The van der Waals surface area contributed by atoms with Gasteiger partial charge in [0.25, 0.3) is 0 Å². The van der Waals surface area contributed by atoms with Gasteiger partial charge in [0, 0.05) is 25.7 Å². The van der Waals surface area contributed by atoms with E-state index in [2.05, 4.69) is 10.4 Å². The minimum atomic E-state index is 0.0222. The van der Waals surface area contributed by atoms with Crippen LogP contribution in [0.1, 0.15) is 17.7 Å². The van der Waals surface area contributed by atoms with E-state index in [1.807, 2.05) is 43.5 Å². The summed E-state index contributed by atoms with van der Waals surface area (Å²) in [5.74, 6) is 0.836. The summed E-state index contributed by atoms with van der Waals surface area (Å²) < 4.78 is 6.87. The molecule has 5 heteroatoms. The van der Waals surface area contributed by atoms with Gasteiger partial charge in [-0.15, -0.1) is 0 Å². The summed E-state index contributed by atoms with van der Waals surface area (Å²) in [6.07, 6.45) is 2.31. The summed E-state index contributed by atoms with van der Waals surface area (Å²) in [6, 6.07) is 9.57. The quantitative estimate of drug-likeness (QED) is 0.874. The zero-order chi connectivity index (χ0) is 14.4. The van der Waals surface area contributed by atoms with Crippen LogP contribution in [0.3, 0.4) is 0 Å². The van der Waals surface area contributed by atoms with Crippen molar-refractivity contribution in [1.29, 1.82) is 0 Å². The number of methoxy groups -OCH3 is 1. The van der Waals surface area contributed by atoms with Gasteiger partial charge in [-0.1, -0.05) is 12.1 Å². The van der Waals surface area contributed by atoms with Crippen LogP contribution in [0, 0.1) is 6.92 Å². The second-order valence-electron chi connectivity index (χ2n) is 4.59. The Kier molecular flexibility index (Phi) is 4.76. The third-order valence-electron chi connectivity index (χ3n) is 2.99. The van der Waals surface area contributed by atoms with Gasteiger partial charge in [-0.25, -0.2) is 0 Å². The highest BCUT2D eigenvalue weighted by Gasteiger charge is 2.03. The van der Waals surface area contributed by atoms with E-state index in [4.69, 9.17) is 4.74 Å². The maximum absolute atomic E-state index is 11.7. The van der Waals surface area contributed by atoms with Gasteiger partial charge < -0.3 is 10.1 Å². The molecule has 0 saturated heterocycles. The van der Waals surface area contributed by atoms with Gasteiger partial charge in [0.2, 0.25) is 5.91 Å². The summed E-state index contributed by atoms with van der Waals surface area (Å²) in [6.45, 7) is 3.06. The molecule has 1 aromatic heterocycles. The summed E-state index contributed by atoms with van der Waals surface area (Å²) in [5.41, 5.74) is 2.01. The predicted molar refractivity (Wildman–Crippen MR) is 76.4 cm³/mol. The van der Waals surface area contributed by atoms with E-state index in [1.165, 1.54) is 0 Å². The third-order valence-corrected chi connectivity index (χ3v) is 2.99. The first-order valence-electron chi connectivity index (χ1n) is 6.57. The Morgan fingerprint density at radius 3 is 2.65 bits per heavy atom. The first kappa shape index (κ1) is 14.1. The van der Waals surface area contributed by atoms with Gasteiger partial charge in [0.15, 0.2) is 0 Å². The maximum Gasteiger partial charge on any atom is 0.222 e. The number of hydrogen-bond acceptors (Lipinski definition) is 3. The Balaban J connectivity index is 1.74. The Bertz CT molecular complexity index is 561. The van der Waals surface area contributed by atoms with Crippen molar-refractivity contribution in [3.05, 3.63) is 47.8 Å². The normalized spacial score (nSPS) is 10.3. The highest BCUT2D eigenvalue weighted by atomic mass is 16.5. The largest absolute Gasteiger partial charge is 0.497 e. The second kappa shape index (κ2) is 6.75. The SMILES string of the molecule is COc1ccc(CNC(=O)CCn2ccc(C)n2)cc1. The Hall–Kier alpha value is -2.30. The van der Waals surface area contributed by atoms with Crippen molar-refractivity contribution in [1.82, 2.24) is 15.1 Å². The summed E-state index contributed by atoms with van der Waals surface area (Å²) in [7, 11) is 1.63. The van der Waals surface area contributed by atoms with Crippen molar-refractivity contribution >= 4 is 5.91 Å². The van der Waals surface area contributed by atoms with Crippen LogP contribution in [0.2, 0.25) is 0 Å². The lowest BCUT2D eigenvalue weighted by Crippen LogP contribution is -2.24. The topological polar surface area (TPSA) is 56.1 Å². The number of nitrogens with zero attached hydrogens (tertiary/aromatic N) is 2. The van der Waals surface area contributed by atoms with E-state index in [-0.39, 0.29) is 5.91 Å². The maximum atomic E-state index is 11.7. The van der Waals surface area contributed by atoms with Crippen LogP contribution in [-0.4, -0.2) is 22.8 Å². The van der Waals surface area contributed by atoms with Crippen LogP contribution in [-0.2, 0) is 17.9 Å². The minimum Gasteiger partial charge on any atom is -0.497 e. The molecule has 0 aliphatic rings. The van der Waals surface area contributed by atoms with Crippen LogP contribution in [0.25, 0.3) is 0 Å². The molecule has 2 rings (SSSR count). The van der Waals surface area contributed by atoms with Gasteiger partial charge in [0.1, 0.15) is 5.75 Å². The molecule has 0 fully saturated rings. The monoisotopic (exact) mass is 273 g/mol. The number of ether oxygens (including phenoxy) is 1. The molecule has 1 amide bonds. The molecule has 1 N–H and O–H groups in total. The van der Waals surface area contributed by atoms with Gasteiger partial charge in [-0.3, -0.25) is 9.48 Å². The predicted octanol–water partition coefficient (Wildman–Crippen LogP) is 1.91. The first-order chi connectivity index (χ1) is 9.67. The number of amides is 1. The van der Waals surface area contributed by atoms with Crippen molar-refractivity contribution in [3.8, 4) is 5.75 Å². The van der Waals surface area contributed by atoms with E-state index < -0.39 is 0 Å². The third kappa shape index (κ3) is 4.12. The van der Waals surface area contributed by atoms with Crippen molar-refractivity contribution in [2.24, 2.45) is 0 Å². The molecule has 0 bridgehead atoms. The molecule has 2 aromatic rings. The summed E-state index contributed by atoms with van der Waals surface area (Å²) >= 11 is 0. The molecular weight excluding hydrogens is 254 g/mol. The fourth-order valence-corrected chi connectivity index (χ4v) is 1.84. The van der Waals surface area contributed by atoms with E-state index in [1.54, 1.807) is 11.8 Å². The van der Waals surface area contributed by atoms with Gasteiger partial charge in [0.05, 0.1) is 12.8 Å². The molecule has 0 spiro atoms. The highest BCUT2D eigenvalue weighted by Crippen LogP contribution is 2.10. The van der Waals surface area contributed by atoms with Crippen LogP contribution in [0.5, 0.6) is 5.75 Å². The lowest BCUT2D eigenvalue weighted by atomic mass is 10.2. The molecule has 0 unspecified atom stereocenters. The minimum absolute atomic E-state index is 0.0222. The van der Waals surface area contributed by atoms with Crippen LogP contribution in [0.15, 0.2) is 36.5 Å². The number of aryl methyl sites for hydroxylation is 2. The van der Waals surface area contributed by atoms with E-state index in [0.29, 0.717) is 19.5 Å². The van der Waals surface area contributed by atoms with Crippen LogP contribution in [0.4, 0.5) is 0 Å². The first-order valence-corrected chi connectivity index (χ1v) is 6.57. The number of rotatable bonds is 6. The molecule has 1 heterocycles. The molecule has 20 heavy (non-hydrogen) atoms. The van der Waals surface area contributed by atoms with E-state index in [9.17, 15) is 4.79 Å². The fourth-order valence-electron chi connectivity index (χ4n) is 1.84. The number of carbonyl (C=O) groups excluding carboxylic acids is 1. The molecule has 5 nitrogen and oxygen atoms in total. The highest BCUT2D eigenvalue weighted by molar-refractivity contribution is 5.75. The molecule has 0 atom stereocenters. The zero-order valence-corrected chi connectivity index (χ0v) is 11.8. The van der Waals surface area contributed by atoms with E-state index in [0.717, 1.165) is 17.0 Å². The average molecular weight is 273 g/mol. The number of nitrogens with one attached hydrogen (secondary N) is 1. The van der Waals surface area contributed by atoms with Crippen LogP contribution < -0.4 is 10.1 Å². The van der Waals surface area contributed by atoms with Gasteiger partial charge >= 0.3 is 0 Å². The molecule has 106 valence electrons. The molecule has 0 radical (unpaired) electrons. The number of carbonyl (C=O) groups is 1. The van der Waals surface area contributed by atoms with Crippen LogP contribution >= 0.6 is 0 Å². The molecule has 0 saturated carbocycles. The molecule has 0 aliphatic carbocycles. The van der Waals surface area contributed by atoms with E-state index >= 15 is 0 Å². The van der Waals surface area contributed by atoms with Crippen molar-refractivity contribution in [3.63, 3.8) is 0 Å². The number of benzene rings is 1. The molecular formula is C15H19N3O2. The Morgan fingerprint density at radius 1 is 1.30 bits per heavy atom. The van der Waals surface area contributed by atoms with Gasteiger partial charge in [-0.05, 0) is 30.7 Å². The number of hydrogen-bond donors (Lipinski definition) is 1. The van der Waals surface area contributed by atoms with Crippen molar-refractivity contribution in [2.75, 3.05) is 7.11 Å². The summed E-state index contributed by atoms with van der Waals surface area (Å²) in [4.78, 5) is 11.7.